The predicted molar refractivity (Wildman–Crippen MR) is 81.1 cm³/mol. The van der Waals surface area contributed by atoms with Crippen molar-refractivity contribution in [1.82, 2.24) is 9.88 Å². The molecule has 6 nitrogen and oxygen atoms in total. The van der Waals surface area contributed by atoms with Crippen LogP contribution in [0.2, 0.25) is 0 Å². The van der Waals surface area contributed by atoms with Crippen molar-refractivity contribution in [2.24, 2.45) is 0 Å². The van der Waals surface area contributed by atoms with Crippen LogP contribution in [0.4, 0.5) is 4.79 Å². The van der Waals surface area contributed by atoms with Crippen molar-refractivity contribution < 1.29 is 14.3 Å². The zero-order valence-electron chi connectivity index (χ0n) is 11.8. The van der Waals surface area contributed by atoms with Crippen LogP contribution in [0.15, 0.2) is 40.5 Å². The highest BCUT2D eigenvalue weighted by Gasteiger charge is 2.41. The quantitative estimate of drug-likeness (QED) is 0.877. The van der Waals surface area contributed by atoms with Gasteiger partial charge < -0.3 is 10.1 Å². The van der Waals surface area contributed by atoms with Gasteiger partial charge in [-0.1, -0.05) is 41.7 Å². The number of fused-ring (bicyclic) bond motifs is 1. The lowest BCUT2D eigenvalue weighted by atomic mass is 9.89. The monoisotopic (exact) mass is 318 g/mol. The number of rotatable bonds is 3. The van der Waals surface area contributed by atoms with Gasteiger partial charge in [0.2, 0.25) is 0 Å². The van der Waals surface area contributed by atoms with Crippen LogP contribution in [-0.4, -0.2) is 23.2 Å². The number of carbonyl (C=O) groups excluding carboxylic acids is 2. The summed E-state index contributed by atoms with van der Waals surface area (Å²) in [6, 6.07) is 8.11. The number of hydrogen-bond acceptors (Lipinski definition) is 5. The Hall–Kier alpha value is -2.41. The lowest BCUT2D eigenvalue weighted by molar-refractivity contribution is -0.146. The lowest BCUT2D eigenvalue weighted by Gasteiger charge is -2.31. The van der Waals surface area contributed by atoms with Gasteiger partial charge in [0, 0.05) is 5.38 Å². The SMILES string of the molecule is CCOC(=O)C1c2csc(=O)n2C(=O)NC1c1ccccc1. The van der Waals surface area contributed by atoms with Crippen LogP contribution in [0, 0.1) is 0 Å². The molecule has 0 spiro atoms. The number of carbonyl (C=O) groups is 2. The molecule has 7 heteroatoms. The highest BCUT2D eigenvalue weighted by atomic mass is 32.1. The van der Waals surface area contributed by atoms with E-state index in [1.807, 2.05) is 30.3 Å². The average molecular weight is 318 g/mol. The molecule has 1 aromatic carbocycles. The summed E-state index contributed by atoms with van der Waals surface area (Å²) >= 11 is 0.899. The Kier molecular flexibility index (Phi) is 3.81. The van der Waals surface area contributed by atoms with Crippen LogP contribution in [0.3, 0.4) is 0 Å². The van der Waals surface area contributed by atoms with Gasteiger partial charge >= 0.3 is 16.9 Å². The summed E-state index contributed by atoms with van der Waals surface area (Å²) < 4.78 is 6.14. The number of nitrogens with zero attached hydrogens (tertiary/aromatic N) is 1. The standard InChI is InChI=1S/C15H14N2O4S/c1-2-21-13(18)11-10-8-22-15(20)17(10)14(19)16-12(11)9-6-4-3-5-7-9/h3-8,11-12H,2H2,1H3,(H,16,19). The summed E-state index contributed by atoms with van der Waals surface area (Å²) in [7, 11) is 0. The van der Waals surface area contributed by atoms with Gasteiger partial charge in [0.15, 0.2) is 0 Å². The molecule has 1 aliphatic heterocycles. The molecule has 1 aromatic heterocycles. The van der Waals surface area contributed by atoms with Crippen LogP contribution in [-0.2, 0) is 9.53 Å². The molecule has 22 heavy (non-hydrogen) atoms. The van der Waals surface area contributed by atoms with E-state index in [1.54, 1.807) is 12.3 Å². The molecule has 114 valence electrons. The first-order chi connectivity index (χ1) is 10.6. The van der Waals surface area contributed by atoms with Crippen molar-refractivity contribution in [2.45, 2.75) is 18.9 Å². The third kappa shape index (κ3) is 2.33. The van der Waals surface area contributed by atoms with Gasteiger partial charge in [-0.15, -0.1) is 0 Å². The number of thiazole rings is 1. The zero-order valence-corrected chi connectivity index (χ0v) is 12.6. The molecule has 2 atom stereocenters. The number of aromatic nitrogens is 1. The minimum Gasteiger partial charge on any atom is -0.465 e. The smallest absolute Gasteiger partial charge is 0.329 e. The van der Waals surface area contributed by atoms with Gasteiger partial charge in [0.25, 0.3) is 0 Å². The second kappa shape index (κ2) is 5.76. The molecule has 0 fully saturated rings. The second-order valence-corrected chi connectivity index (χ2v) is 5.65. The Morgan fingerprint density at radius 1 is 1.32 bits per heavy atom. The fourth-order valence-electron chi connectivity index (χ4n) is 2.61. The zero-order chi connectivity index (χ0) is 15.7. The summed E-state index contributed by atoms with van der Waals surface area (Å²) in [5.74, 6) is -1.19. The average Bonchev–Trinajstić information content (AvgIpc) is 2.90. The molecule has 3 rings (SSSR count). The minimum absolute atomic E-state index is 0.235. The van der Waals surface area contributed by atoms with E-state index in [1.165, 1.54) is 0 Å². The molecule has 1 N–H and O–H groups in total. The number of amides is 1. The molecular formula is C15H14N2O4S. The van der Waals surface area contributed by atoms with Crippen molar-refractivity contribution in [1.29, 1.82) is 0 Å². The molecule has 0 saturated heterocycles. The number of benzene rings is 1. The van der Waals surface area contributed by atoms with Crippen LogP contribution < -0.4 is 10.2 Å². The third-order valence-corrected chi connectivity index (χ3v) is 4.30. The topological polar surface area (TPSA) is 77.4 Å². The van der Waals surface area contributed by atoms with E-state index in [-0.39, 0.29) is 6.61 Å². The van der Waals surface area contributed by atoms with E-state index >= 15 is 0 Å². The van der Waals surface area contributed by atoms with Gasteiger partial charge in [-0.25, -0.2) is 9.36 Å². The van der Waals surface area contributed by atoms with Crippen molar-refractivity contribution >= 4 is 23.3 Å². The summed E-state index contributed by atoms with van der Waals surface area (Å²) in [5, 5.41) is 4.29. The summed E-state index contributed by atoms with van der Waals surface area (Å²) in [6.45, 7) is 1.96. The highest BCUT2D eigenvalue weighted by molar-refractivity contribution is 7.07. The third-order valence-electron chi connectivity index (χ3n) is 3.55. The van der Waals surface area contributed by atoms with Crippen LogP contribution in [0.5, 0.6) is 0 Å². The van der Waals surface area contributed by atoms with E-state index in [0.29, 0.717) is 5.69 Å². The Morgan fingerprint density at radius 3 is 2.73 bits per heavy atom. The first-order valence-corrected chi connectivity index (χ1v) is 7.74. The number of ether oxygens (including phenoxy) is 1. The first kappa shape index (κ1) is 14.5. The molecule has 0 aliphatic carbocycles. The van der Waals surface area contributed by atoms with Gasteiger partial charge in [0.05, 0.1) is 18.3 Å². The molecule has 1 aliphatic rings. The van der Waals surface area contributed by atoms with Gasteiger partial charge in [-0.3, -0.25) is 9.59 Å². The van der Waals surface area contributed by atoms with Crippen LogP contribution in [0.1, 0.15) is 30.1 Å². The maximum absolute atomic E-state index is 12.4. The van der Waals surface area contributed by atoms with Crippen molar-refractivity contribution in [3.05, 3.63) is 56.6 Å². The Morgan fingerprint density at radius 2 is 2.05 bits per heavy atom. The number of nitrogens with one attached hydrogen (secondary N) is 1. The fraction of sp³-hybridized carbons (Fsp3) is 0.267. The summed E-state index contributed by atoms with van der Waals surface area (Å²) in [4.78, 5) is 36.0. The van der Waals surface area contributed by atoms with E-state index in [2.05, 4.69) is 5.32 Å². The predicted octanol–water partition coefficient (Wildman–Crippen LogP) is 1.87. The molecule has 2 aromatic rings. The van der Waals surface area contributed by atoms with Gasteiger partial charge in [-0.05, 0) is 12.5 Å². The second-order valence-electron chi connectivity index (χ2n) is 4.83. The van der Waals surface area contributed by atoms with E-state index < -0.39 is 28.8 Å². The summed E-state index contributed by atoms with van der Waals surface area (Å²) in [6.07, 6.45) is 0. The molecule has 2 heterocycles. The molecule has 0 saturated carbocycles. The summed E-state index contributed by atoms with van der Waals surface area (Å²) in [5.41, 5.74) is 1.17. The molecule has 0 radical (unpaired) electrons. The Bertz CT molecular complexity index is 765. The Balaban J connectivity index is 2.12. The van der Waals surface area contributed by atoms with E-state index in [0.717, 1.165) is 21.5 Å². The fourth-order valence-corrected chi connectivity index (χ4v) is 3.38. The van der Waals surface area contributed by atoms with Gasteiger partial charge in [-0.2, -0.15) is 0 Å². The van der Waals surface area contributed by atoms with Crippen molar-refractivity contribution in [2.75, 3.05) is 6.61 Å². The van der Waals surface area contributed by atoms with Crippen LogP contribution in [0.25, 0.3) is 0 Å². The Labute approximate surface area is 130 Å². The molecule has 2 unspecified atom stereocenters. The molecular weight excluding hydrogens is 304 g/mol. The maximum atomic E-state index is 12.4. The number of hydrogen-bond donors (Lipinski definition) is 1. The molecule has 1 amide bonds. The van der Waals surface area contributed by atoms with Crippen LogP contribution >= 0.6 is 11.3 Å². The normalized spacial score (nSPS) is 20.1. The molecule has 0 bridgehead atoms. The minimum atomic E-state index is -0.737. The highest BCUT2D eigenvalue weighted by Crippen LogP contribution is 2.35. The van der Waals surface area contributed by atoms with E-state index in [9.17, 15) is 14.4 Å². The number of esters is 1. The van der Waals surface area contributed by atoms with E-state index in [4.69, 9.17) is 4.74 Å². The lowest BCUT2D eigenvalue weighted by Crippen LogP contribution is -2.47. The van der Waals surface area contributed by atoms with Crippen molar-refractivity contribution in [3.63, 3.8) is 0 Å². The largest absolute Gasteiger partial charge is 0.465 e. The van der Waals surface area contributed by atoms with Gasteiger partial charge in [0.1, 0.15) is 5.92 Å². The van der Waals surface area contributed by atoms with Crippen molar-refractivity contribution in [3.8, 4) is 0 Å². The maximum Gasteiger partial charge on any atom is 0.329 e. The first-order valence-electron chi connectivity index (χ1n) is 6.86.